The number of hydrogen-bond acceptors (Lipinski definition) is 6. The quantitative estimate of drug-likeness (QED) is 0.474. The van der Waals surface area contributed by atoms with E-state index in [4.69, 9.17) is 4.74 Å². The van der Waals surface area contributed by atoms with Crippen molar-refractivity contribution in [3.8, 4) is 5.75 Å². The summed E-state index contributed by atoms with van der Waals surface area (Å²) in [4.78, 5) is 39.0. The van der Waals surface area contributed by atoms with Gasteiger partial charge in [-0.15, -0.1) is 0 Å². The topological polar surface area (TPSA) is 139 Å². The molecule has 3 heterocycles. The number of fused-ring (bicyclic) bond motifs is 2. The van der Waals surface area contributed by atoms with E-state index in [2.05, 4.69) is 15.4 Å². The first-order valence-electron chi connectivity index (χ1n) is 12.1. The van der Waals surface area contributed by atoms with Crippen LogP contribution in [0.1, 0.15) is 28.9 Å². The molecule has 2 aromatic rings. The van der Waals surface area contributed by atoms with Crippen LogP contribution in [0, 0.1) is 18.7 Å². The monoisotopic (exact) mass is 569 g/mol. The van der Waals surface area contributed by atoms with Crippen molar-refractivity contribution in [2.24, 2.45) is 13.0 Å². The third-order valence-electron chi connectivity index (χ3n) is 7.12. The van der Waals surface area contributed by atoms with Crippen LogP contribution in [0.4, 0.5) is 18.9 Å². The molecule has 0 spiro atoms. The number of rotatable bonds is 3. The molecule has 1 aromatic carbocycles. The van der Waals surface area contributed by atoms with Crippen LogP contribution < -0.4 is 20.1 Å². The molecular weight excluding hydrogens is 543 g/mol. The number of carbonyl (C=O) groups excluding carboxylic acids is 3. The summed E-state index contributed by atoms with van der Waals surface area (Å²) in [7, 11) is -2.74. The first-order chi connectivity index (χ1) is 18.2. The highest BCUT2D eigenvalue weighted by atomic mass is 32.2. The average Bonchev–Trinajstić information content (AvgIpc) is 3.37. The van der Waals surface area contributed by atoms with Gasteiger partial charge >= 0.3 is 11.8 Å². The van der Waals surface area contributed by atoms with Gasteiger partial charge in [0.1, 0.15) is 10.7 Å². The molecule has 0 bridgehead atoms. The lowest BCUT2D eigenvalue weighted by molar-refractivity contribution is -0.148. The van der Waals surface area contributed by atoms with E-state index in [9.17, 15) is 36.0 Å². The second-order valence-corrected chi connectivity index (χ2v) is 11.8. The number of carbonyl (C=O) groups is 3. The van der Waals surface area contributed by atoms with Crippen molar-refractivity contribution in [1.29, 1.82) is 0 Å². The predicted molar refractivity (Wildman–Crippen MR) is 130 cm³/mol. The van der Waals surface area contributed by atoms with Crippen molar-refractivity contribution in [1.82, 2.24) is 19.5 Å². The Morgan fingerprint density at radius 3 is 2.56 bits per heavy atom. The number of nitrogens with one attached hydrogen (secondary N) is 3. The van der Waals surface area contributed by atoms with Crippen LogP contribution in [0.3, 0.4) is 0 Å². The number of halogens is 3. The number of aryl methyl sites for hydroxylation is 2. The standard InChI is InChI=1S/C24H26F3N5O6S/c1-12-5-14(3-4-16(12)25)28-21(33)19-20-18(10-31(19)2)39(36,37)30-17-9-32(8-13(17)11-38-20)23(35)22(34)29-15-6-24(26,27)7-15/h3-5,10,13,15,17,30H,6-9,11H2,1-2H3,(H,28,33)(H,29,34)/t13-,17-/m0/s1. The van der Waals surface area contributed by atoms with E-state index in [0.717, 1.165) is 4.90 Å². The molecule has 210 valence electrons. The minimum Gasteiger partial charge on any atom is -0.489 e. The van der Waals surface area contributed by atoms with Gasteiger partial charge in [-0.1, -0.05) is 0 Å². The van der Waals surface area contributed by atoms with Gasteiger partial charge in [0.2, 0.25) is 10.0 Å². The van der Waals surface area contributed by atoms with Crippen molar-refractivity contribution < 1.29 is 40.7 Å². The maximum Gasteiger partial charge on any atom is 0.311 e. The summed E-state index contributed by atoms with van der Waals surface area (Å²) in [6.45, 7) is 1.30. The molecule has 2 aliphatic heterocycles. The Morgan fingerprint density at radius 2 is 1.90 bits per heavy atom. The van der Waals surface area contributed by atoms with Gasteiger partial charge in [-0.25, -0.2) is 26.3 Å². The lowest BCUT2D eigenvalue weighted by Crippen LogP contribution is -2.54. The Morgan fingerprint density at radius 1 is 1.18 bits per heavy atom. The third-order valence-corrected chi connectivity index (χ3v) is 8.60. The molecule has 1 aromatic heterocycles. The Labute approximate surface area is 221 Å². The SMILES string of the molecule is Cc1cc(NC(=O)c2c3c(cn2C)S(=O)(=O)N[C@H]2CN(C(=O)C(=O)NC4CC(F)(F)C4)C[C@H]2CO3)ccc1F. The maximum absolute atomic E-state index is 13.6. The number of sulfonamides is 1. The van der Waals surface area contributed by atoms with Crippen molar-refractivity contribution in [3.63, 3.8) is 0 Å². The fourth-order valence-corrected chi connectivity index (χ4v) is 6.52. The third kappa shape index (κ3) is 5.20. The zero-order valence-corrected chi connectivity index (χ0v) is 21.8. The maximum atomic E-state index is 13.6. The molecule has 2 fully saturated rings. The molecular formula is C24H26F3N5O6S. The Balaban J connectivity index is 1.32. The van der Waals surface area contributed by atoms with Gasteiger partial charge in [0.15, 0.2) is 11.4 Å². The largest absolute Gasteiger partial charge is 0.489 e. The lowest BCUT2D eigenvalue weighted by Gasteiger charge is -2.35. The van der Waals surface area contributed by atoms with Crippen molar-refractivity contribution >= 4 is 33.4 Å². The summed E-state index contributed by atoms with van der Waals surface area (Å²) in [5, 5.41) is 4.90. The average molecular weight is 570 g/mol. The van der Waals surface area contributed by atoms with Crippen LogP contribution in [0.15, 0.2) is 29.3 Å². The lowest BCUT2D eigenvalue weighted by atomic mass is 9.88. The zero-order chi connectivity index (χ0) is 28.3. The van der Waals surface area contributed by atoms with E-state index in [1.54, 1.807) is 0 Å². The summed E-state index contributed by atoms with van der Waals surface area (Å²) in [6.07, 6.45) is 0.142. The van der Waals surface area contributed by atoms with Crippen molar-refractivity contribution in [2.45, 2.75) is 42.7 Å². The number of ether oxygens (including phenoxy) is 1. The van der Waals surface area contributed by atoms with Gasteiger partial charge in [-0.05, 0) is 30.7 Å². The summed E-state index contributed by atoms with van der Waals surface area (Å²) < 4.78 is 75.9. The number of amides is 3. The van der Waals surface area contributed by atoms with Gasteiger partial charge in [0, 0.05) is 62.9 Å². The first kappa shape index (κ1) is 27.0. The molecule has 15 heteroatoms. The summed E-state index contributed by atoms with van der Waals surface area (Å²) in [6, 6.07) is 2.41. The van der Waals surface area contributed by atoms with Crippen LogP contribution in [0.2, 0.25) is 0 Å². The minimum atomic E-state index is -4.22. The number of benzene rings is 1. The number of nitrogens with zero attached hydrogens (tertiary/aromatic N) is 2. The molecule has 1 aliphatic carbocycles. The fourth-order valence-electron chi connectivity index (χ4n) is 5.03. The molecule has 3 amide bonds. The second-order valence-electron chi connectivity index (χ2n) is 10.1. The number of anilines is 1. The van der Waals surface area contributed by atoms with E-state index < -0.39 is 70.3 Å². The Bertz CT molecular complexity index is 1470. The highest BCUT2D eigenvalue weighted by molar-refractivity contribution is 7.89. The van der Waals surface area contributed by atoms with Crippen LogP contribution in [0.5, 0.6) is 5.75 Å². The van der Waals surface area contributed by atoms with Crippen LogP contribution in [-0.2, 0) is 26.7 Å². The Hall–Kier alpha value is -3.59. The molecule has 2 atom stereocenters. The van der Waals surface area contributed by atoms with Gasteiger partial charge in [0.05, 0.1) is 6.61 Å². The second kappa shape index (κ2) is 9.55. The predicted octanol–water partition coefficient (Wildman–Crippen LogP) is 1.14. The van der Waals surface area contributed by atoms with E-state index >= 15 is 0 Å². The van der Waals surface area contributed by atoms with E-state index in [1.807, 2.05) is 0 Å². The summed E-state index contributed by atoms with van der Waals surface area (Å²) in [5.41, 5.74) is 0.525. The van der Waals surface area contributed by atoms with E-state index in [0.29, 0.717) is 11.3 Å². The fraction of sp³-hybridized carbons (Fsp3) is 0.458. The number of likely N-dealkylation sites (tertiary alicyclic amines) is 1. The molecule has 1 saturated carbocycles. The molecule has 1 saturated heterocycles. The van der Waals surface area contributed by atoms with Gasteiger partial charge in [0.25, 0.3) is 11.8 Å². The Kier molecular flexibility index (Phi) is 6.61. The molecule has 3 N–H and O–H groups in total. The molecule has 11 nitrogen and oxygen atoms in total. The van der Waals surface area contributed by atoms with Gasteiger partial charge in [-0.3, -0.25) is 14.4 Å². The van der Waals surface area contributed by atoms with Crippen molar-refractivity contribution in [3.05, 3.63) is 41.5 Å². The van der Waals surface area contributed by atoms with Gasteiger partial charge in [-0.2, -0.15) is 0 Å². The normalized spacial score (nSPS) is 23.4. The number of alkyl halides is 2. The van der Waals surface area contributed by atoms with Gasteiger partial charge < -0.3 is 24.8 Å². The first-order valence-corrected chi connectivity index (χ1v) is 13.6. The summed E-state index contributed by atoms with van der Waals surface area (Å²) >= 11 is 0. The highest BCUT2D eigenvalue weighted by Gasteiger charge is 2.48. The molecule has 0 unspecified atom stereocenters. The van der Waals surface area contributed by atoms with Crippen LogP contribution in [0.25, 0.3) is 0 Å². The zero-order valence-electron chi connectivity index (χ0n) is 21.0. The van der Waals surface area contributed by atoms with E-state index in [1.165, 1.54) is 42.9 Å². The van der Waals surface area contributed by atoms with Crippen LogP contribution >= 0.6 is 0 Å². The smallest absolute Gasteiger partial charge is 0.311 e. The molecule has 0 radical (unpaired) electrons. The van der Waals surface area contributed by atoms with Crippen molar-refractivity contribution in [2.75, 3.05) is 25.0 Å². The van der Waals surface area contributed by atoms with Crippen LogP contribution in [-0.4, -0.2) is 73.3 Å². The number of hydrogen-bond donors (Lipinski definition) is 3. The minimum absolute atomic E-state index is 0.0289. The highest BCUT2D eigenvalue weighted by Crippen LogP contribution is 2.38. The number of aromatic nitrogens is 1. The molecule has 39 heavy (non-hydrogen) atoms. The summed E-state index contributed by atoms with van der Waals surface area (Å²) in [5.74, 6) is -6.73. The molecule has 5 rings (SSSR count). The molecule has 3 aliphatic rings. The van der Waals surface area contributed by atoms with E-state index in [-0.39, 0.29) is 36.0 Å².